The number of nitrogens with one attached hydrogen (secondary N) is 1. The summed E-state index contributed by atoms with van der Waals surface area (Å²) < 4.78 is 26.6. The first-order chi connectivity index (χ1) is 9.99. The van der Waals surface area contributed by atoms with Gasteiger partial charge in [0.15, 0.2) is 0 Å². The highest BCUT2D eigenvalue weighted by molar-refractivity contribution is 5.82. The highest BCUT2D eigenvalue weighted by Crippen LogP contribution is 2.28. The molecular weight excluding hydrogens is 284 g/mol. The lowest BCUT2D eigenvalue weighted by Gasteiger charge is -2.26. The van der Waals surface area contributed by atoms with Crippen LogP contribution in [0.3, 0.4) is 0 Å². The number of nitrogens with zero attached hydrogens (tertiary/aromatic N) is 2. The normalized spacial score (nSPS) is 14.9. The molecule has 0 saturated carbocycles. The van der Waals surface area contributed by atoms with Crippen molar-refractivity contribution in [1.29, 1.82) is 0 Å². The summed E-state index contributed by atoms with van der Waals surface area (Å²) in [4.78, 5) is 23.4. The average molecular weight is 299 g/mol. The standard InChI is InChI=1S/C13H15F2N3O3/c14-9-6-10(15)13(18(20)21)11(7-9)16-8-12(19)17-4-2-1-3-5-17/h6-7,16H,1-5,8H2. The van der Waals surface area contributed by atoms with E-state index in [0.29, 0.717) is 19.2 Å². The predicted octanol–water partition coefficient (Wildman–Crippen LogP) is 2.30. The van der Waals surface area contributed by atoms with Gasteiger partial charge in [0.1, 0.15) is 11.5 Å². The van der Waals surface area contributed by atoms with Gasteiger partial charge in [0, 0.05) is 25.2 Å². The maximum atomic E-state index is 13.4. The van der Waals surface area contributed by atoms with Crippen LogP contribution in [0.2, 0.25) is 0 Å². The maximum Gasteiger partial charge on any atom is 0.327 e. The molecule has 0 aliphatic carbocycles. The van der Waals surface area contributed by atoms with Crippen LogP contribution in [0.15, 0.2) is 12.1 Å². The summed E-state index contributed by atoms with van der Waals surface area (Å²) in [5.74, 6) is -2.45. The van der Waals surface area contributed by atoms with Gasteiger partial charge in [-0.1, -0.05) is 0 Å². The Bertz CT molecular complexity index is 560. The Balaban J connectivity index is 2.08. The molecule has 1 aliphatic rings. The number of benzene rings is 1. The Labute approximate surface area is 119 Å². The second-order valence-corrected chi connectivity index (χ2v) is 4.84. The van der Waals surface area contributed by atoms with Gasteiger partial charge in [-0.25, -0.2) is 4.39 Å². The third kappa shape index (κ3) is 3.65. The molecule has 6 nitrogen and oxygen atoms in total. The molecule has 2 rings (SSSR count). The summed E-state index contributed by atoms with van der Waals surface area (Å²) in [5.41, 5.74) is -1.19. The molecular formula is C13H15F2N3O3. The molecule has 1 saturated heterocycles. The number of nitro benzene ring substituents is 1. The third-order valence-corrected chi connectivity index (χ3v) is 3.35. The minimum Gasteiger partial charge on any atom is -0.370 e. The van der Waals surface area contributed by atoms with Crippen LogP contribution < -0.4 is 5.32 Å². The van der Waals surface area contributed by atoms with Gasteiger partial charge in [-0.2, -0.15) is 4.39 Å². The van der Waals surface area contributed by atoms with Crippen molar-refractivity contribution in [2.75, 3.05) is 25.0 Å². The Hall–Kier alpha value is -2.25. The molecule has 0 spiro atoms. The van der Waals surface area contributed by atoms with Crippen molar-refractivity contribution < 1.29 is 18.5 Å². The second-order valence-electron chi connectivity index (χ2n) is 4.84. The van der Waals surface area contributed by atoms with E-state index in [2.05, 4.69) is 5.32 Å². The number of nitro groups is 1. The zero-order chi connectivity index (χ0) is 15.4. The SMILES string of the molecule is O=C(CNc1cc(F)cc(F)c1[N+](=O)[O-])N1CCCCC1. The number of hydrogen-bond acceptors (Lipinski definition) is 4. The Morgan fingerprint density at radius 2 is 1.95 bits per heavy atom. The number of hydrogen-bond donors (Lipinski definition) is 1. The van der Waals surface area contributed by atoms with Crippen LogP contribution in [0.4, 0.5) is 20.2 Å². The van der Waals surface area contributed by atoms with Gasteiger partial charge in [0.05, 0.1) is 11.5 Å². The van der Waals surface area contributed by atoms with Crippen LogP contribution in [-0.4, -0.2) is 35.4 Å². The molecule has 1 amide bonds. The molecule has 1 fully saturated rings. The van der Waals surface area contributed by atoms with Crippen LogP contribution in [0.1, 0.15) is 19.3 Å². The van der Waals surface area contributed by atoms with Gasteiger partial charge >= 0.3 is 5.69 Å². The molecule has 1 aliphatic heterocycles. The van der Waals surface area contributed by atoms with Crippen LogP contribution >= 0.6 is 0 Å². The van der Waals surface area contributed by atoms with Crippen molar-refractivity contribution in [3.63, 3.8) is 0 Å². The second kappa shape index (κ2) is 6.47. The van der Waals surface area contributed by atoms with E-state index in [0.717, 1.165) is 25.3 Å². The molecule has 1 heterocycles. The van der Waals surface area contributed by atoms with Crippen LogP contribution in [0.5, 0.6) is 0 Å². The average Bonchev–Trinajstić information content (AvgIpc) is 2.44. The minimum absolute atomic E-state index is 0.232. The molecule has 114 valence electrons. The molecule has 1 aromatic rings. The lowest BCUT2D eigenvalue weighted by atomic mass is 10.1. The van der Waals surface area contributed by atoms with E-state index < -0.39 is 22.2 Å². The van der Waals surface area contributed by atoms with Crippen molar-refractivity contribution >= 4 is 17.3 Å². The van der Waals surface area contributed by atoms with Gasteiger partial charge < -0.3 is 10.2 Å². The number of halogens is 2. The van der Waals surface area contributed by atoms with E-state index in [9.17, 15) is 23.7 Å². The molecule has 0 radical (unpaired) electrons. The summed E-state index contributed by atoms with van der Waals surface area (Å²) in [5, 5.41) is 13.3. The van der Waals surface area contributed by atoms with E-state index in [-0.39, 0.29) is 18.1 Å². The van der Waals surface area contributed by atoms with Crippen LogP contribution in [0.25, 0.3) is 0 Å². The third-order valence-electron chi connectivity index (χ3n) is 3.35. The Kier molecular flexibility index (Phi) is 4.66. The first kappa shape index (κ1) is 15.1. The molecule has 0 atom stereocenters. The summed E-state index contributed by atoms with van der Waals surface area (Å²) in [6.07, 6.45) is 2.90. The van der Waals surface area contributed by atoms with Gasteiger partial charge in [-0.05, 0) is 19.3 Å². The molecule has 1 N–H and O–H groups in total. The van der Waals surface area contributed by atoms with E-state index in [1.54, 1.807) is 4.90 Å². The zero-order valence-corrected chi connectivity index (χ0v) is 11.3. The van der Waals surface area contributed by atoms with Crippen LogP contribution in [0, 0.1) is 21.7 Å². The number of carbonyl (C=O) groups excluding carboxylic acids is 1. The first-order valence-corrected chi connectivity index (χ1v) is 6.64. The highest BCUT2D eigenvalue weighted by Gasteiger charge is 2.23. The minimum atomic E-state index is -1.27. The fourth-order valence-electron chi connectivity index (χ4n) is 2.31. The van der Waals surface area contributed by atoms with Crippen molar-refractivity contribution in [3.8, 4) is 0 Å². The zero-order valence-electron chi connectivity index (χ0n) is 11.3. The van der Waals surface area contributed by atoms with Gasteiger partial charge in [0.25, 0.3) is 0 Å². The van der Waals surface area contributed by atoms with Crippen molar-refractivity contribution in [2.24, 2.45) is 0 Å². The smallest absolute Gasteiger partial charge is 0.327 e. The van der Waals surface area contributed by atoms with Gasteiger partial charge in [-0.3, -0.25) is 14.9 Å². The fraction of sp³-hybridized carbons (Fsp3) is 0.462. The number of amides is 1. The molecule has 0 unspecified atom stereocenters. The van der Waals surface area contributed by atoms with Crippen molar-refractivity contribution in [1.82, 2.24) is 4.90 Å². The maximum absolute atomic E-state index is 13.4. The molecule has 0 aromatic heterocycles. The highest BCUT2D eigenvalue weighted by atomic mass is 19.1. The van der Waals surface area contributed by atoms with Gasteiger partial charge in [0.2, 0.25) is 11.7 Å². The first-order valence-electron chi connectivity index (χ1n) is 6.64. The predicted molar refractivity (Wildman–Crippen MR) is 71.9 cm³/mol. The fourth-order valence-corrected chi connectivity index (χ4v) is 2.31. The Morgan fingerprint density at radius 3 is 2.57 bits per heavy atom. The lowest BCUT2D eigenvalue weighted by molar-refractivity contribution is -0.386. The Morgan fingerprint density at radius 1 is 1.29 bits per heavy atom. The summed E-state index contributed by atoms with van der Waals surface area (Å²) in [6.45, 7) is 1.05. The van der Waals surface area contributed by atoms with Crippen molar-refractivity contribution in [2.45, 2.75) is 19.3 Å². The van der Waals surface area contributed by atoms with Crippen LogP contribution in [-0.2, 0) is 4.79 Å². The van der Waals surface area contributed by atoms with Crippen molar-refractivity contribution in [3.05, 3.63) is 33.9 Å². The number of likely N-dealkylation sites (tertiary alicyclic amines) is 1. The molecule has 1 aromatic carbocycles. The van der Waals surface area contributed by atoms with E-state index in [1.165, 1.54) is 0 Å². The van der Waals surface area contributed by atoms with E-state index in [1.807, 2.05) is 0 Å². The molecule has 21 heavy (non-hydrogen) atoms. The number of rotatable bonds is 4. The molecule has 0 bridgehead atoms. The lowest BCUT2D eigenvalue weighted by Crippen LogP contribution is -2.39. The van der Waals surface area contributed by atoms with Gasteiger partial charge in [-0.15, -0.1) is 0 Å². The quantitative estimate of drug-likeness (QED) is 0.683. The van der Waals surface area contributed by atoms with E-state index >= 15 is 0 Å². The number of piperidine rings is 1. The number of anilines is 1. The summed E-state index contributed by atoms with van der Waals surface area (Å²) >= 11 is 0. The summed E-state index contributed by atoms with van der Waals surface area (Å²) in [7, 11) is 0. The summed E-state index contributed by atoms with van der Waals surface area (Å²) in [6, 6.07) is 1.25. The molecule has 8 heteroatoms. The number of carbonyl (C=O) groups is 1. The topological polar surface area (TPSA) is 75.5 Å². The van der Waals surface area contributed by atoms with E-state index in [4.69, 9.17) is 0 Å². The largest absolute Gasteiger partial charge is 0.370 e. The monoisotopic (exact) mass is 299 g/mol.